The van der Waals surface area contributed by atoms with Gasteiger partial charge in [-0.25, -0.2) is 0 Å². The monoisotopic (exact) mass is 677 g/mol. The van der Waals surface area contributed by atoms with E-state index >= 15 is 0 Å². The molecule has 6 unspecified atom stereocenters. The maximum atomic E-state index is 14.3. The average molecular weight is 679 g/mol. The van der Waals surface area contributed by atoms with E-state index in [1.54, 1.807) is 24.3 Å². The van der Waals surface area contributed by atoms with Crippen molar-refractivity contribution in [3.05, 3.63) is 77.4 Å². The summed E-state index contributed by atoms with van der Waals surface area (Å²) >= 11 is 14.4. The van der Waals surface area contributed by atoms with Gasteiger partial charge in [-0.1, -0.05) is 60.2 Å². The molecule has 9 nitrogen and oxygen atoms in total. The number of phenolic OH excluding ortho intramolecular Hbond substituents is 1. The minimum atomic E-state index is -1.83. The van der Waals surface area contributed by atoms with Crippen LogP contribution in [0.5, 0.6) is 11.5 Å². The molecule has 1 N–H and O–H groups in total. The molecule has 0 bridgehead atoms. The number of fused-ring (bicyclic) bond motifs is 4. The zero-order valence-electron chi connectivity index (χ0n) is 26.3. The number of carbonyl (C=O) groups excluding carboxylic acids is 4. The maximum Gasteiger partial charge on any atom is 0.253 e. The van der Waals surface area contributed by atoms with Gasteiger partial charge in [0.15, 0.2) is 21.2 Å². The van der Waals surface area contributed by atoms with Crippen LogP contribution in [0.2, 0.25) is 0 Å². The molecule has 0 aromatic heterocycles. The molecule has 47 heavy (non-hydrogen) atoms. The van der Waals surface area contributed by atoms with E-state index < -0.39 is 45.2 Å². The Labute approximate surface area is 283 Å². The highest BCUT2D eigenvalue weighted by atomic mass is 35.5. The number of rotatable bonds is 6. The third-order valence-electron chi connectivity index (χ3n) is 11.0. The SMILES string of the molecule is COc1cc(C=CC2C3=CCC4C(=O)N(C5CCN(Cc6ccccc6)CC5)C(=O)C4C3CC3(Cl)C(=O)N(C)C(=O)C23Cl)ccc1O. The predicted molar refractivity (Wildman–Crippen MR) is 177 cm³/mol. The van der Waals surface area contributed by atoms with E-state index in [4.69, 9.17) is 27.9 Å². The number of hydrogen-bond donors (Lipinski definition) is 1. The van der Waals surface area contributed by atoms with E-state index in [1.807, 2.05) is 24.3 Å². The highest BCUT2D eigenvalue weighted by molar-refractivity contribution is 6.53. The predicted octanol–water partition coefficient (Wildman–Crippen LogP) is 4.60. The Bertz CT molecular complexity index is 1710. The number of amides is 4. The van der Waals surface area contributed by atoms with Gasteiger partial charge in [0.2, 0.25) is 11.8 Å². The number of nitrogens with zero attached hydrogens (tertiary/aromatic N) is 3. The van der Waals surface area contributed by atoms with E-state index in [-0.39, 0.29) is 35.8 Å². The quantitative estimate of drug-likeness (QED) is 0.271. The van der Waals surface area contributed by atoms with Gasteiger partial charge in [0.1, 0.15) is 0 Å². The Kier molecular flexibility index (Phi) is 8.01. The molecule has 3 heterocycles. The fraction of sp³-hybridized carbons (Fsp3) is 0.444. The third kappa shape index (κ3) is 4.84. The number of aromatic hydroxyl groups is 1. The van der Waals surface area contributed by atoms with E-state index in [2.05, 4.69) is 17.0 Å². The highest BCUT2D eigenvalue weighted by Gasteiger charge is 2.75. The number of halogens is 2. The second-order valence-electron chi connectivity index (χ2n) is 13.4. The molecule has 1 saturated carbocycles. The first kappa shape index (κ1) is 31.9. The minimum Gasteiger partial charge on any atom is -0.504 e. The molecule has 3 saturated heterocycles. The molecular weight excluding hydrogens is 641 g/mol. The topological polar surface area (TPSA) is 107 Å². The van der Waals surface area contributed by atoms with Crippen LogP contribution in [0.15, 0.2) is 66.3 Å². The second-order valence-corrected chi connectivity index (χ2v) is 14.6. The summed E-state index contributed by atoms with van der Waals surface area (Å²) in [7, 11) is 2.82. The standard InChI is InChI=1S/C36H37Cl2N3O6/c1-39-33(45)35(37)19-26-24(27(36(35,38)34(39)46)12-8-21-9-13-28(42)29(18-21)47-2)10-11-25-30(26)32(44)41(31(25)43)23-14-16-40(17-15-23)20-22-6-4-3-5-7-22/h3-10,12-13,18,23,25-27,30,42H,11,14-17,19-20H2,1-2H3. The Morgan fingerprint density at radius 3 is 2.40 bits per heavy atom. The molecule has 3 aliphatic heterocycles. The summed E-state index contributed by atoms with van der Waals surface area (Å²) < 4.78 is 5.25. The molecular formula is C36H37Cl2N3O6. The van der Waals surface area contributed by atoms with Gasteiger partial charge in [0.25, 0.3) is 11.8 Å². The number of likely N-dealkylation sites (tertiary alicyclic amines) is 3. The molecule has 4 fully saturated rings. The van der Waals surface area contributed by atoms with Gasteiger partial charge in [-0.3, -0.25) is 33.9 Å². The number of hydrogen-bond acceptors (Lipinski definition) is 7. The first-order valence-corrected chi connectivity index (χ1v) is 16.8. The van der Waals surface area contributed by atoms with E-state index in [1.165, 1.54) is 30.7 Å². The van der Waals surface area contributed by atoms with Crippen molar-refractivity contribution >= 4 is 52.9 Å². The van der Waals surface area contributed by atoms with Crippen molar-refractivity contribution in [3.8, 4) is 11.5 Å². The van der Waals surface area contributed by atoms with Crippen LogP contribution < -0.4 is 4.74 Å². The summed E-state index contributed by atoms with van der Waals surface area (Å²) in [5, 5.41) is 10.1. The number of allylic oxidation sites excluding steroid dienone is 3. The maximum absolute atomic E-state index is 14.3. The van der Waals surface area contributed by atoms with Crippen molar-refractivity contribution in [1.82, 2.24) is 14.7 Å². The van der Waals surface area contributed by atoms with Crippen molar-refractivity contribution in [2.45, 2.75) is 48.0 Å². The lowest BCUT2D eigenvalue weighted by molar-refractivity contribution is -0.144. The van der Waals surface area contributed by atoms with Crippen LogP contribution >= 0.6 is 23.2 Å². The molecule has 0 radical (unpaired) electrons. The zero-order valence-corrected chi connectivity index (χ0v) is 27.8. The molecule has 246 valence electrons. The van der Waals surface area contributed by atoms with Crippen molar-refractivity contribution < 1.29 is 29.0 Å². The van der Waals surface area contributed by atoms with Gasteiger partial charge < -0.3 is 9.84 Å². The normalized spacial score (nSPS) is 32.9. The van der Waals surface area contributed by atoms with E-state index in [0.29, 0.717) is 24.8 Å². The number of piperidine rings is 1. The lowest BCUT2D eigenvalue weighted by Crippen LogP contribution is -2.60. The Balaban J connectivity index is 1.18. The summed E-state index contributed by atoms with van der Waals surface area (Å²) in [5.41, 5.74) is 2.64. The van der Waals surface area contributed by atoms with Crippen LogP contribution in [-0.4, -0.2) is 86.5 Å². The van der Waals surface area contributed by atoms with Crippen LogP contribution in [0.1, 0.15) is 36.8 Å². The molecule has 11 heteroatoms. The van der Waals surface area contributed by atoms with E-state index in [9.17, 15) is 24.3 Å². The first-order valence-electron chi connectivity index (χ1n) is 16.1. The summed E-state index contributed by atoms with van der Waals surface area (Å²) in [4.78, 5) is 56.8. The van der Waals surface area contributed by atoms with Crippen LogP contribution in [0.25, 0.3) is 6.08 Å². The summed E-state index contributed by atoms with van der Waals surface area (Å²) in [5.74, 6) is -3.99. The van der Waals surface area contributed by atoms with Crippen molar-refractivity contribution in [2.24, 2.45) is 23.7 Å². The molecule has 5 aliphatic rings. The van der Waals surface area contributed by atoms with Crippen molar-refractivity contribution in [3.63, 3.8) is 0 Å². The Hall–Kier alpha value is -3.66. The van der Waals surface area contributed by atoms with Gasteiger partial charge in [-0.05, 0) is 54.9 Å². The van der Waals surface area contributed by atoms with E-state index in [0.717, 1.165) is 30.1 Å². The molecule has 2 aromatic rings. The van der Waals surface area contributed by atoms with Crippen molar-refractivity contribution in [1.29, 1.82) is 0 Å². The third-order valence-corrected chi connectivity index (χ3v) is 12.4. The van der Waals surface area contributed by atoms with Gasteiger partial charge in [0, 0.05) is 38.6 Å². The molecule has 7 rings (SSSR count). The van der Waals surface area contributed by atoms with Gasteiger partial charge >= 0.3 is 0 Å². The lowest BCUT2D eigenvalue weighted by Gasteiger charge is -2.49. The van der Waals surface area contributed by atoms with Crippen molar-refractivity contribution in [2.75, 3.05) is 27.2 Å². The van der Waals surface area contributed by atoms with Crippen LogP contribution in [0, 0.1) is 23.7 Å². The average Bonchev–Trinajstić information content (AvgIpc) is 3.40. The lowest BCUT2D eigenvalue weighted by atomic mass is 9.57. The van der Waals surface area contributed by atoms with Crippen LogP contribution in [-0.2, 0) is 25.7 Å². The number of carbonyl (C=O) groups is 4. The summed E-state index contributed by atoms with van der Waals surface area (Å²) in [6.07, 6.45) is 7.13. The second kappa shape index (κ2) is 11.8. The summed E-state index contributed by atoms with van der Waals surface area (Å²) in [6.45, 7) is 2.37. The van der Waals surface area contributed by atoms with Gasteiger partial charge in [-0.2, -0.15) is 0 Å². The fourth-order valence-electron chi connectivity index (χ4n) is 8.56. The Morgan fingerprint density at radius 2 is 1.70 bits per heavy atom. The van der Waals surface area contributed by atoms with Gasteiger partial charge in [-0.15, -0.1) is 23.2 Å². The summed E-state index contributed by atoms with van der Waals surface area (Å²) in [6, 6.07) is 14.9. The molecule has 2 aromatic carbocycles. The molecule has 0 spiro atoms. The number of alkyl halides is 2. The number of phenols is 1. The van der Waals surface area contributed by atoms with Gasteiger partial charge in [0.05, 0.1) is 18.9 Å². The number of imide groups is 2. The number of methoxy groups -OCH3 is 1. The molecule has 4 amide bonds. The largest absolute Gasteiger partial charge is 0.504 e. The first-order chi connectivity index (χ1) is 22.5. The fourth-order valence-corrected chi connectivity index (χ4v) is 9.53. The zero-order chi connectivity index (χ0) is 33.2. The molecule has 2 aliphatic carbocycles. The number of benzene rings is 2. The smallest absolute Gasteiger partial charge is 0.253 e. The molecule has 6 atom stereocenters. The minimum absolute atomic E-state index is 0.0222. The highest BCUT2D eigenvalue weighted by Crippen LogP contribution is 2.63. The Morgan fingerprint density at radius 1 is 0.979 bits per heavy atom. The van der Waals surface area contributed by atoms with Crippen LogP contribution in [0.4, 0.5) is 0 Å². The number of ether oxygens (including phenoxy) is 1. The van der Waals surface area contributed by atoms with Crippen LogP contribution in [0.3, 0.4) is 0 Å².